The van der Waals surface area contributed by atoms with E-state index in [0.717, 1.165) is 10.9 Å². The summed E-state index contributed by atoms with van der Waals surface area (Å²) in [4.78, 5) is 1.16. The molecular formula is C14H15F2NS. The van der Waals surface area contributed by atoms with Crippen molar-refractivity contribution >= 4 is 11.3 Å². The highest BCUT2D eigenvalue weighted by atomic mass is 32.1. The molecule has 1 atom stereocenters. The molecule has 0 aliphatic heterocycles. The first kappa shape index (κ1) is 13.2. The highest BCUT2D eigenvalue weighted by molar-refractivity contribution is 7.09. The van der Waals surface area contributed by atoms with E-state index in [-0.39, 0.29) is 6.04 Å². The van der Waals surface area contributed by atoms with Crippen LogP contribution in [0.15, 0.2) is 35.7 Å². The Morgan fingerprint density at radius 2 is 2.06 bits per heavy atom. The SMILES string of the molecule is CCNC(Cc1cccs1)c1cccc(F)c1F. The van der Waals surface area contributed by atoms with E-state index in [0.29, 0.717) is 18.5 Å². The van der Waals surface area contributed by atoms with Crippen LogP contribution in [-0.4, -0.2) is 6.54 Å². The highest BCUT2D eigenvalue weighted by Gasteiger charge is 2.18. The van der Waals surface area contributed by atoms with Crippen molar-refractivity contribution in [1.82, 2.24) is 5.32 Å². The Labute approximate surface area is 109 Å². The van der Waals surface area contributed by atoms with Gasteiger partial charge in [-0.2, -0.15) is 0 Å². The Morgan fingerprint density at radius 3 is 2.72 bits per heavy atom. The van der Waals surface area contributed by atoms with Crippen molar-refractivity contribution in [3.8, 4) is 0 Å². The zero-order valence-electron chi connectivity index (χ0n) is 10.1. The molecule has 2 aromatic rings. The summed E-state index contributed by atoms with van der Waals surface area (Å²) in [5, 5.41) is 5.19. The third-order valence-corrected chi connectivity index (χ3v) is 3.69. The van der Waals surface area contributed by atoms with E-state index in [1.165, 1.54) is 0 Å². The Kier molecular flexibility index (Phi) is 4.44. The van der Waals surface area contributed by atoms with Crippen LogP contribution >= 0.6 is 11.3 Å². The van der Waals surface area contributed by atoms with Crippen molar-refractivity contribution in [2.75, 3.05) is 6.54 Å². The van der Waals surface area contributed by atoms with Gasteiger partial charge < -0.3 is 5.32 Å². The van der Waals surface area contributed by atoms with Gasteiger partial charge in [0.05, 0.1) is 0 Å². The minimum Gasteiger partial charge on any atom is -0.310 e. The second-order valence-electron chi connectivity index (χ2n) is 4.04. The second-order valence-corrected chi connectivity index (χ2v) is 5.07. The molecule has 0 bridgehead atoms. The molecule has 0 aliphatic rings. The molecule has 2 rings (SSSR count). The van der Waals surface area contributed by atoms with Crippen LogP contribution in [0.2, 0.25) is 0 Å². The number of benzene rings is 1. The smallest absolute Gasteiger partial charge is 0.163 e. The van der Waals surface area contributed by atoms with Gasteiger partial charge in [-0.25, -0.2) is 8.78 Å². The molecule has 96 valence electrons. The largest absolute Gasteiger partial charge is 0.310 e. The molecule has 1 aromatic carbocycles. The van der Waals surface area contributed by atoms with Crippen molar-refractivity contribution in [3.63, 3.8) is 0 Å². The van der Waals surface area contributed by atoms with Crippen molar-refractivity contribution in [1.29, 1.82) is 0 Å². The molecule has 0 fully saturated rings. The summed E-state index contributed by atoms with van der Waals surface area (Å²) in [5.41, 5.74) is 0.394. The quantitative estimate of drug-likeness (QED) is 0.865. The summed E-state index contributed by atoms with van der Waals surface area (Å²) in [5.74, 6) is -1.54. The van der Waals surface area contributed by atoms with Crippen LogP contribution in [0, 0.1) is 11.6 Å². The topological polar surface area (TPSA) is 12.0 Å². The summed E-state index contributed by atoms with van der Waals surface area (Å²) < 4.78 is 27.1. The number of halogens is 2. The van der Waals surface area contributed by atoms with Gasteiger partial charge in [0.25, 0.3) is 0 Å². The minimum absolute atomic E-state index is 0.190. The van der Waals surface area contributed by atoms with Crippen LogP contribution in [0.5, 0.6) is 0 Å². The van der Waals surface area contributed by atoms with Gasteiger partial charge in [0.2, 0.25) is 0 Å². The van der Waals surface area contributed by atoms with Crippen LogP contribution < -0.4 is 5.32 Å². The van der Waals surface area contributed by atoms with Crippen molar-refractivity contribution in [3.05, 3.63) is 57.8 Å². The number of likely N-dealkylation sites (N-methyl/N-ethyl adjacent to an activating group) is 1. The third kappa shape index (κ3) is 2.94. The molecule has 0 amide bonds. The van der Waals surface area contributed by atoms with Gasteiger partial charge in [-0.3, -0.25) is 0 Å². The zero-order valence-corrected chi connectivity index (χ0v) is 10.9. The molecule has 1 nitrogen and oxygen atoms in total. The minimum atomic E-state index is -0.790. The first-order chi connectivity index (χ1) is 8.72. The molecule has 0 aliphatic carbocycles. The van der Waals surface area contributed by atoms with E-state index in [1.807, 2.05) is 24.4 Å². The molecular weight excluding hydrogens is 252 g/mol. The van der Waals surface area contributed by atoms with Gasteiger partial charge in [-0.15, -0.1) is 11.3 Å². The molecule has 1 aromatic heterocycles. The van der Waals surface area contributed by atoms with Crippen LogP contribution in [0.25, 0.3) is 0 Å². The molecule has 0 radical (unpaired) electrons. The number of hydrogen-bond donors (Lipinski definition) is 1. The lowest BCUT2D eigenvalue weighted by Gasteiger charge is -2.18. The Balaban J connectivity index is 2.26. The molecule has 0 saturated heterocycles. The van der Waals surface area contributed by atoms with Crippen LogP contribution in [-0.2, 0) is 6.42 Å². The fraction of sp³-hybridized carbons (Fsp3) is 0.286. The normalized spacial score (nSPS) is 12.6. The molecule has 0 spiro atoms. The summed E-state index contributed by atoms with van der Waals surface area (Å²) in [6.07, 6.45) is 0.672. The van der Waals surface area contributed by atoms with Crippen molar-refractivity contribution in [2.45, 2.75) is 19.4 Å². The van der Waals surface area contributed by atoms with Gasteiger partial charge in [-0.05, 0) is 24.1 Å². The number of thiophene rings is 1. The van der Waals surface area contributed by atoms with Gasteiger partial charge >= 0.3 is 0 Å². The second kappa shape index (κ2) is 6.07. The Bertz CT molecular complexity index is 497. The zero-order chi connectivity index (χ0) is 13.0. The molecule has 0 saturated carbocycles. The van der Waals surface area contributed by atoms with E-state index in [1.54, 1.807) is 23.5 Å². The highest BCUT2D eigenvalue weighted by Crippen LogP contribution is 2.24. The maximum absolute atomic E-state index is 13.8. The number of nitrogens with one attached hydrogen (secondary N) is 1. The lowest BCUT2D eigenvalue weighted by atomic mass is 10.0. The van der Waals surface area contributed by atoms with Gasteiger partial charge in [-0.1, -0.05) is 25.1 Å². The average Bonchev–Trinajstić information content (AvgIpc) is 2.85. The molecule has 4 heteroatoms. The molecule has 1 N–H and O–H groups in total. The van der Waals surface area contributed by atoms with Gasteiger partial charge in [0.1, 0.15) is 0 Å². The fourth-order valence-electron chi connectivity index (χ4n) is 1.96. The molecule has 18 heavy (non-hydrogen) atoms. The third-order valence-electron chi connectivity index (χ3n) is 2.79. The van der Waals surface area contributed by atoms with Gasteiger partial charge in [0, 0.05) is 22.9 Å². The standard InChI is InChI=1S/C14H15F2NS/c1-2-17-13(9-10-5-4-8-18-10)11-6-3-7-12(15)14(11)16/h3-8,13,17H,2,9H2,1H3. The van der Waals surface area contributed by atoms with E-state index >= 15 is 0 Å². The first-order valence-corrected chi connectivity index (χ1v) is 6.80. The monoisotopic (exact) mass is 267 g/mol. The predicted octanol–water partition coefficient (Wildman–Crippen LogP) is 3.92. The molecule has 1 heterocycles. The number of hydrogen-bond acceptors (Lipinski definition) is 2. The maximum Gasteiger partial charge on any atom is 0.163 e. The predicted molar refractivity (Wildman–Crippen MR) is 70.8 cm³/mol. The van der Waals surface area contributed by atoms with Crippen molar-refractivity contribution in [2.24, 2.45) is 0 Å². The van der Waals surface area contributed by atoms with E-state index in [9.17, 15) is 8.78 Å². The van der Waals surface area contributed by atoms with Crippen LogP contribution in [0.1, 0.15) is 23.4 Å². The first-order valence-electron chi connectivity index (χ1n) is 5.92. The average molecular weight is 267 g/mol. The van der Waals surface area contributed by atoms with E-state index < -0.39 is 11.6 Å². The summed E-state index contributed by atoms with van der Waals surface area (Å²) in [7, 11) is 0. The number of rotatable bonds is 5. The van der Waals surface area contributed by atoms with Gasteiger partial charge in [0.15, 0.2) is 11.6 Å². The maximum atomic E-state index is 13.8. The Hall–Kier alpha value is -1.26. The van der Waals surface area contributed by atoms with E-state index in [2.05, 4.69) is 5.32 Å². The Morgan fingerprint density at radius 1 is 1.22 bits per heavy atom. The fourth-order valence-corrected chi connectivity index (χ4v) is 2.71. The summed E-state index contributed by atoms with van der Waals surface area (Å²) in [6, 6.07) is 8.11. The van der Waals surface area contributed by atoms with E-state index in [4.69, 9.17) is 0 Å². The summed E-state index contributed by atoms with van der Waals surface area (Å²) in [6.45, 7) is 2.67. The lowest BCUT2D eigenvalue weighted by molar-refractivity contribution is 0.465. The lowest BCUT2D eigenvalue weighted by Crippen LogP contribution is -2.24. The van der Waals surface area contributed by atoms with Crippen LogP contribution in [0.3, 0.4) is 0 Å². The van der Waals surface area contributed by atoms with Crippen molar-refractivity contribution < 1.29 is 8.78 Å². The summed E-state index contributed by atoms with van der Waals surface area (Å²) >= 11 is 1.63. The van der Waals surface area contributed by atoms with Crippen LogP contribution in [0.4, 0.5) is 8.78 Å². The molecule has 1 unspecified atom stereocenters.